The fourth-order valence-corrected chi connectivity index (χ4v) is 8.23. The second kappa shape index (κ2) is 48.4. The van der Waals surface area contributed by atoms with E-state index >= 15 is 0 Å². The topological polar surface area (TPSA) is 95.9 Å². The van der Waals surface area contributed by atoms with Crippen molar-refractivity contribution in [3.63, 3.8) is 0 Å². The lowest BCUT2D eigenvalue weighted by Gasteiger charge is -2.24. The summed E-state index contributed by atoms with van der Waals surface area (Å²) in [4.78, 5) is 26.1. The quantitative estimate of drug-likeness (QED) is 0.0322. The van der Waals surface area contributed by atoms with Crippen LogP contribution in [-0.2, 0) is 14.3 Å². The maximum atomic E-state index is 13.2. The number of carbonyl (C=O) groups is 2. The number of unbranched alkanes of at least 4 members (excludes halogenated alkanes) is 32. The van der Waals surface area contributed by atoms with Gasteiger partial charge in [0.1, 0.15) is 6.10 Å². The predicted octanol–water partition coefficient (Wildman–Crippen LogP) is 15.9. The van der Waals surface area contributed by atoms with Crippen LogP contribution in [0, 0.1) is 0 Å². The van der Waals surface area contributed by atoms with Crippen LogP contribution in [0.15, 0.2) is 24.3 Å². The van der Waals surface area contributed by atoms with E-state index in [0.29, 0.717) is 19.3 Å². The third-order valence-corrected chi connectivity index (χ3v) is 12.3. The SMILES string of the molecule is CCCCC/C=C\C/C=C\CCCCCCCCCCCC(=O)OC(CCCCCCCCCCCCCC)CC(=O)NC(CO)C(O)CCCCCCCCCCCC. The van der Waals surface area contributed by atoms with Gasteiger partial charge in [0.05, 0.1) is 25.2 Å². The molecule has 0 heterocycles. The number of aliphatic hydroxyl groups excluding tert-OH is 2. The lowest BCUT2D eigenvalue weighted by molar-refractivity contribution is -0.151. The minimum Gasteiger partial charge on any atom is -0.462 e. The standard InChI is InChI=1S/C54H103NO5/c1-4-7-10-13-16-19-22-24-25-26-27-28-29-30-32-35-38-41-44-47-54(59)60-50(45-42-39-36-33-31-23-20-17-14-11-8-5-2)48-53(58)55-51(49-56)52(57)46-43-40-37-34-21-18-15-12-9-6-3/h16,19,24-25,50-52,56-57H,4-15,17-18,20-23,26-49H2,1-3H3,(H,55,58)/b19-16-,25-24-. The Labute approximate surface area is 373 Å². The van der Waals surface area contributed by atoms with Crippen molar-refractivity contribution in [2.45, 2.75) is 302 Å². The molecular weight excluding hydrogens is 743 g/mol. The second-order valence-electron chi connectivity index (χ2n) is 18.3. The summed E-state index contributed by atoms with van der Waals surface area (Å²) in [6.45, 7) is 6.46. The van der Waals surface area contributed by atoms with Crippen LogP contribution in [-0.4, -0.2) is 46.9 Å². The highest BCUT2D eigenvalue weighted by atomic mass is 16.5. The Hall–Kier alpha value is -1.66. The van der Waals surface area contributed by atoms with Crippen LogP contribution >= 0.6 is 0 Å². The van der Waals surface area contributed by atoms with E-state index in [1.807, 2.05) is 0 Å². The van der Waals surface area contributed by atoms with Crippen LogP contribution < -0.4 is 5.32 Å². The molecule has 0 aromatic rings. The number of allylic oxidation sites excluding steroid dienone is 4. The van der Waals surface area contributed by atoms with Gasteiger partial charge in [-0.3, -0.25) is 9.59 Å². The molecule has 0 aliphatic carbocycles. The number of nitrogens with one attached hydrogen (secondary N) is 1. The molecule has 0 aliphatic heterocycles. The first-order valence-electron chi connectivity index (χ1n) is 26.6. The molecule has 6 nitrogen and oxygen atoms in total. The highest BCUT2D eigenvalue weighted by molar-refractivity contribution is 5.77. The van der Waals surface area contributed by atoms with Crippen LogP contribution in [0.2, 0.25) is 0 Å². The molecule has 0 aromatic heterocycles. The average Bonchev–Trinajstić information content (AvgIpc) is 3.24. The predicted molar refractivity (Wildman–Crippen MR) is 260 cm³/mol. The molecule has 0 radical (unpaired) electrons. The molecule has 0 aromatic carbocycles. The molecule has 0 spiro atoms. The maximum absolute atomic E-state index is 13.2. The zero-order chi connectivity index (χ0) is 43.8. The Morgan fingerprint density at radius 3 is 1.30 bits per heavy atom. The first kappa shape index (κ1) is 58.3. The van der Waals surface area contributed by atoms with Crippen molar-refractivity contribution in [1.82, 2.24) is 5.32 Å². The second-order valence-corrected chi connectivity index (χ2v) is 18.3. The third-order valence-electron chi connectivity index (χ3n) is 12.3. The molecule has 0 rings (SSSR count). The average molecular weight is 846 g/mol. The maximum Gasteiger partial charge on any atom is 0.306 e. The smallest absolute Gasteiger partial charge is 0.306 e. The number of ether oxygens (including phenoxy) is 1. The van der Waals surface area contributed by atoms with E-state index in [1.54, 1.807) is 0 Å². The van der Waals surface area contributed by atoms with Crippen molar-refractivity contribution in [3.8, 4) is 0 Å². The van der Waals surface area contributed by atoms with E-state index in [1.165, 1.54) is 186 Å². The Balaban J connectivity index is 4.47. The van der Waals surface area contributed by atoms with Crippen LogP contribution in [0.25, 0.3) is 0 Å². The fraction of sp³-hybridized carbons (Fsp3) is 0.889. The summed E-state index contributed by atoms with van der Waals surface area (Å²) in [5, 5.41) is 23.7. The van der Waals surface area contributed by atoms with Gasteiger partial charge in [0.15, 0.2) is 0 Å². The van der Waals surface area contributed by atoms with Crippen LogP contribution in [0.1, 0.15) is 284 Å². The molecule has 3 atom stereocenters. The van der Waals surface area contributed by atoms with E-state index in [4.69, 9.17) is 4.74 Å². The summed E-state index contributed by atoms with van der Waals surface area (Å²) in [5.74, 6) is -0.464. The zero-order valence-electron chi connectivity index (χ0n) is 40.4. The Morgan fingerprint density at radius 1 is 0.483 bits per heavy atom. The number of amides is 1. The van der Waals surface area contributed by atoms with Crippen molar-refractivity contribution in [2.75, 3.05) is 6.61 Å². The van der Waals surface area contributed by atoms with Gasteiger partial charge in [-0.25, -0.2) is 0 Å². The van der Waals surface area contributed by atoms with Crippen LogP contribution in [0.4, 0.5) is 0 Å². The normalized spacial score (nSPS) is 13.3. The van der Waals surface area contributed by atoms with Gasteiger partial charge in [-0.05, 0) is 57.8 Å². The summed E-state index contributed by atoms with van der Waals surface area (Å²) < 4.78 is 5.94. The molecule has 0 fully saturated rings. The van der Waals surface area contributed by atoms with Gasteiger partial charge < -0.3 is 20.3 Å². The number of carbonyl (C=O) groups excluding carboxylic acids is 2. The van der Waals surface area contributed by atoms with E-state index in [2.05, 4.69) is 50.4 Å². The van der Waals surface area contributed by atoms with E-state index in [-0.39, 0.29) is 24.9 Å². The van der Waals surface area contributed by atoms with Gasteiger partial charge in [-0.2, -0.15) is 0 Å². The summed E-state index contributed by atoms with van der Waals surface area (Å²) in [6.07, 6.45) is 55.2. The van der Waals surface area contributed by atoms with Gasteiger partial charge in [-0.15, -0.1) is 0 Å². The van der Waals surface area contributed by atoms with Gasteiger partial charge in [0.2, 0.25) is 5.91 Å². The molecule has 0 saturated heterocycles. The molecule has 0 aliphatic rings. The molecule has 0 saturated carbocycles. The van der Waals surface area contributed by atoms with Gasteiger partial charge in [-0.1, -0.05) is 238 Å². The Kier molecular flexibility index (Phi) is 47.0. The largest absolute Gasteiger partial charge is 0.462 e. The monoisotopic (exact) mass is 846 g/mol. The number of hydrogen-bond donors (Lipinski definition) is 3. The molecule has 60 heavy (non-hydrogen) atoms. The molecule has 3 N–H and O–H groups in total. The summed E-state index contributed by atoms with van der Waals surface area (Å²) >= 11 is 0. The molecule has 1 amide bonds. The minimum absolute atomic E-state index is 0.0814. The summed E-state index contributed by atoms with van der Waals surface area (Å²) in [6, 6.07) is -0.696. The Bertz CT molecular complexity index is 950. The number of esters is 1. The molecule has 3 unspecified atom stereocenters. The van der Waals surface area contributed by atoms with Crippen molar-refractivity contribution in [1.29, 1.82) is 0 Å². The van der Waals surface area contributed by atoms with Crippen LogP contribution in [0.3, 0.4) is 0 Å². The molecular formula is C54H103NO5. The van der Waals surface area contributed by atoms with Crippen molar-refractivity contribution >= 4 is 11.9 Å². The zero-order valence-corrected chi connectivity index (χ0v) is 40.4. The lowest BCUT2D eigenvalue weighted by Crippen LogP contribution is -2.46. The molecule has 354 valence electrons. The highest BCUT2D eigenvalue weighted by Crippen LogP contribution is 2.18. The summed E-state index contributed by atoms with van der Waals surface area (Å²) in [5.41, 5.74) is 0. The minimum atomic E-state index is -0.782. The van der Waals surface area contributed by atoms with Crippen molar-refractivity contribution < 1.29 is 24.5 Å². The van der Waals surface area contributed by atoms with E-state index in [9.17, 15) is 19.8 Å². The van der Waals surface area contributed by atoms with Crippen molar-refractivity contribution in [2.24, 2.45) is 0 Å². The molecule has 0 bridgehead atoms. The fourth-order valence-electron chi connectivity index (χ4n) is 8.23. The highest BCUT2D eigenvalue weighted by Gasteiger charge is 2.24. The van der Waals surface area contributed by atoms with Crippen molar-refractivity contribution in [3.05, 3.63) is 24.3 Å². The number of hydrogen-bond acceptors (Lipinski definition) is 5. The van der Waals surface area contributed by atoms with Gasteiger partial charge in [0, 0.05) is 6.42 Å². The first-order chi connectivity index (χ1) is 29.5. The molecule has 6 heteroatoms. The van der Waals surface area contributed by atoms with Gasteiger partial charge >= 0.3 is 5.97 Å². The van der Waals surface area contributed by atoms with E-state index < -0.39 is 18.2 Å². The van der Waals surface area contributed by atoms with Crippen LogP contribution in [0.5, 0.6) is 0 Å². The van der Waals surface area contributed by atoms with Gasteiger partial charge in [0.25, 0.3) is 0 Å². The Morgan fingerprint density at radius 2 is 0.850 bits per heavy atom. The lowest BCUT2D eigenvalue weighted by atomic mass is 10.0. The summed E-state index contributed by atoms with van der Waals surface area (Å²) in [7, 11) is 0. The van der Waals surface area contributed by atoms with E-state index in [0.717, 1.165) is 51.4 Å². The number of aliphatic hydroxyl groups is 2. The third kappa shape index (κ3) is 43.0. The first-order valence-corrected chi connectivity index (χ1v) is 26.6. The number of rotatable bonds is 48.